The Bertz CT molecular complexity index is 602. The molecule has 0 amide bonds. The maximum atomic E-state index is 10.8. The summed E-state index contributed by atoms with van der Waals surface area (Å²) in [5.41, 5.74) is 0.841. The van der Waals surface area contributed by atoms with E-state index in [4.69, 9.17) is 11.6 Å². The number of hydrogen-bond acceptors (Lipinski definition) is 3. The summed E-state index contributed by atoms with van der Waals surface area (Å²) < 4.78 is 0. The van der Waals surface area contributed by atoms with Crippen molar-refractivity contribution in [3.8, 4) is 0 Å². The van der Waals surface area contributed by atoms with Crippen LogP contribution in [0.4, 0.5) is 0 Å². The van der Waals surface area contributed by atoms with E-state index in [1.54, 1.807) is 17.4 Å². The highest BCUT2D eigenvalue weighted by atomic mass is 35.5. The van der Waals surface area contributed by atoms with Gasteiger partial charge in [0.1, 0.15) is 5.54 Å². The van der Waals surface area contributed by atoms with Crippen LogP contribution in [0.3, 0.4) is 0 Å². The molecule has 1 heterocycles. The highest BCUT2D eigenvalue weighted by Crippen LogP contribution is 2.37. The number of aryl methyl sites for hydroxylation is 1. The Morgan fingerprint density at radius 3 is 2.62 bits per heavy atom. The smallest absolute Gasteiger partial charge is 0.211 e. The van der Waals surface area contributed by atoms with E-state index >= 15 is 0 Å². The maximum Gasteiger partial charge on any atom is 0.235 e. The molecular formula is C17H18ClNOS. The van der Waals surface area contributed by atoms with Crippen molar-refractivity contribution >= 4 is 29.0 Å². The molecule has 2 rings (SSSR count). The first-order valence-corrected chi connectivity index (χ1v) is 8.33. The first-order chi connectivity index (χ1) is 10.2. The maximum absolute atomic E-state index is 10.8. The zero-order chi connectivity index (χ0) is 15.1. The normalized spacial score (nSPS) is 13.4. The van der Waals surface area contributed by atoms with Gasteiger partial charge in [0.15, 0.2) is 0 Å². The van der Waals surface area contributed by atoms with Crippen molar-refractivity contribution < 1.29 is 4.79 Å². The molecule has 0 bridgehead atoms. The molecule has 110 valence electrons. The molecule has 21 heavy (non-hydrogen) atoms. The summed E-state index contributed by atoms with van der Waals surface area (Å²) in [4.78, 5) is 16.1. The SMILES string of the molecule is CCC(CCCc1ccc(Cl)cc1)(N=C=O)c1cccs1. The number of carbonyl (C=O) groups excluding carboxylic acids is 1. The van der Waals surface area contributed by atoms with Crippen molar-refractivity contribution in [2.75, 3.05) is 0 Å². The Balaban J connectivity index is 2.06. The van der Waals surface area contributed by atoms with Crippen molar-refractivity contribution in [2.24, 2.45) is 4.99 Å². The predicted octanol–water partition coefficient (Wildman–Crippen LogP) is 5.37. The van der Waals surface area contributed by atoms with Gasteiger partial charge in [-0.05, 0) is 54.8 Å². The fourth-order valence-corrected chi connectivity index (χ4v) is 3.63. The van der Waals surface area contributed by atoms with E-state index in [0.717, 1.165) is 35.6 Å². The molecule has 0 aliphatic carbocycles. The molecule has 0 spiro atoms. The average Bonchev–Trinajstić information content (AvgIpc) is 3.03. The molecule has 1 unspecified atom stereocenters. The van der Waals surface area contributed by atoms with Crippen LogP contribution >= 0.6 is 22.9 Å². The molecule has 4 heteroatoms. The second-order valence-corrected chi connectivity index (χ2v) is 6.43. The first-order valence-electron chi connectivity index (χ1n) is 7.07. The number of hydrogen-bond donors (Lipinski definition) is 0. The van der Waals surface area contributed by atoms with Gasteiger partial charge in [-0.3, -0.25) is 0 Å². The third kappa shape index (κ3) is 4.04. The van der Waals surface area contributed by atoms with Gasteiger partial charge in [0.05, 0.1) is 0 Å². The Morgan fingerprint density at radius 2 is 2.05 bits per heavy atom. The topological polar surface area (TPSA) is 29.4 Å². The fraction of sp³-hybridized carbons (Fsp3) is 0.353. The minimum Gasteiger partial charge on any atom is -0.211 e. The standard InChI is InChI=1S/C17H18ClNOS/c1-2-17(19-13-20,16-6-4-12-21-16)11-3-5-14-7-9-15(18)10-8-14/h4,6-10,12H,2-3,5,11H2,1H3. The van der Waals surface area contributed by atoms with E-state index < -0.39 is 5.54 Å². The quantitative estimate of drug-likeness (QED) is 0.498. The molecule has 2 aromatic rings. The number of aliphatic imine (C=N–C) groups is 1. The van der Waals surface area contributed by atoms with Crippen LogP contribution in [-0.4, -0.2) is 6.08 Å². The summed E-state index contributed by atoms with van der Waals surface area (Å²) in [6.07, 6.45) is 5.35. The van der Waals surface area contributed by atoms with Crippen LogP contribution in [0, 0.1) is 0 Å². The number of rotatable bonds is 7. The van der Waals surface area contributed by atoms with Crippen LogP contribution in [0.1, 0.15) is 36.6 Å². The highest BCUT2D eigenvalue weighted by Gasteiger charge is 2.30. The van der Waals surface area contributed by atoms with Crippen LogP contribution in [-0.2, 0) is 16.8 Å². The molecule has 0 N–H and O–H groups in total. The lowest BCUT2D eigenvalue weighted by molar-refractivity contribution is 0.389. The zero-order valence-corrected chi connectivity index (χ0v) is 13.6. The van der Waals surface area contributed by atoms with Gasteiger partial charge in [-0.25, -0.2) is 4.79 Å². The molecule has 0 aliphatic rings. The van der Waals surface area contributed by atoms with E-state index in [-0.39, 0.29) is 0 Å². The number of thiophene rings is 1. The summed E-state index contributed by atoms with van der Waals surface area (Å²) in [7, 11) is 0. The largest absolute Gasteiger partial charge is 0.235 e. The Labute approximate surface area is 134 Å². The van der Waals surface area contributed by atoms with E-state index in [2.05, 4.69) is 18.0 Å². The number of nitrogens with zero attached hydrogens (tertiary/aromatic N) is 1. The molecule has 1 aromatic carbocycles. The lowest BCUT2D eigenvalue weighted by atomic mass is 9.88. The average molecular weight is 320 g/mol. The summed E-state index contributed by atoms with van der Waals surface area (Å²) >= 11 is 7.55. The van der Waals surface area contributed by atoms with Crippen molar-refractivity contribution in [3.05, 3.63) is 57.2 Å². The second kappa shape index (κ2) is 7.56. The van der Waals surface area contributed by atoms with Gasteiger partial charge >= 0.3 is 0 Å². The van der Waals surface area contributed by atoms with E-state index in [0.29, 0.717) is 0 Å². The summed E-state index contributed by atoms with van der Waals surface area (Å²) in [5, 5.41) is 2.78. The van der Waals surface area contributed by atoms with Crippen molar-refractivity contribution in [3.63, 3.8) is 0 Å². The van der Waals surface area contributed by atoms with E-state index in [1.165, 1.54) is 5.56 Å². The molecule has 1 atom stereocenters. The second-order valence-electron chi connectivity index (χ2n) is 5.05. The molecular weight excluding hydrogens is 302 g/mol. The number of isocyanates is 1. The van der Waals surface area contributed by atoms with Crippen LogP contribution in [0.2, 0.25) is 5.02 Å². The van der Waals surface area contributed by atoms with Crippen LogP contribution in [0.5, 0.6) is 0 Å². The Kier molecular flexibility index (Phi) is 5.75. The van der Waals surface area contributed by atoms with Crippen molar-refractivity contribution in [1.29, 1.82) is 0 Å². The number of benzene rings is 1. The van der Waals surface area contributed by atoms with Gasteiger partial charge in [0.2, 0.25) is 6.08 Å². The predicted molar refractivity (Wildman–Crippen MR) is 88.8 cm³/mol. The van der Waals surface area contributed by atoms with E-state index in [1.807, 2.05) is 35.7 Å². The zero-order valence-electron chi connectivity index (χ0n) is 12.0. The summed E-state index contributed by atoms with van der Waals surface area (Å²) in [5.74, 6) is 0. The number of halogens is 1. The minimum absolute atomic E-state index is 0.414. The molecule has 0 fully saturated rings. The van der Waals surface area contributed by atoms with Gasteiger partial charge in [0.25, 0.3) is 0 Å². The van der Waals surface area contributed by atoms with E-state index in [9.17, 15) is 4.79 Å². The van der Waals surface area contributed by atoms with Crippen LogP contribution in [0.25, 0.3) is 0 Å². The molecule has 0 radical (unpaired) electrons. The van der Waals surface area contributed by atoms with Crippen LogP contribution < -0.4 is 0 Å². The lowest BCUT2D eigenvalue weighted by Crippen LogP contribution is -2.21. The third-order valence-corrected chi connectivity index (χ3v) is 5.11. The Hall–Kier alpha value is -1.41. The first kappa shape index (κ1) is 16.0. The van der Waals surface area contributed by atoms with Crippen LogP contribution in [0.15, 0.2) is 46.8 Å². The van der Waals surface area contributed by atoms with Gasteiger partial charge in [-0.1, -0.05) is 36.7 Å². The van der Waals surface area contributed by atoms with Gasteiger partial charge in [-0.2, -0.15) is 4.99 Å². The molecule has 1 aromatic heterocycles. The molecule has 0 aliphatic heterocycles. The van der Waals surface area contributed by atoms with Crippen molar-refractivity contribution in [1.82, 2.24) is 0 Å². The fourth-order valence-electron chi connectivity index (χ4n) is 2.53. The third-order valence-electron chi connectivity index (χ3n) is 3.79. The van der Waals surface area contributed by atoms with Gasteiger partial charge in [0, 0.05) is 9.90 Å². The Morgan fingerprint density at radius 1 is 1.29 bits per heavy atom. The lowest BCUT2D eigenvalue weighted by Gasteiger charge is -2.25. The molecule has 0 saturated carbocycles. The minimum atomic E-state index is -0.414. The summed E-state index contributed by atoms with van der Waals surface area (Å²) in [6, 6.07) is 12.0. The highest BCUT2D eigenvalue weighted by molar-refractivity contribution is 7.10. The molecule has 0 saturated heterocycles. The monoisotopic (exact) mass is 319 g/mol. The summed E-state index contributed by atoms with van der Waals surface area (Å²) in [6.45, 7) is 2.07. The van der Waals surface area contributed by atoms with Gasteiger partial charge in [-0.15, -0.1) is 11.3 Å². The van der Waals surface area contributed by atoms with Gasteiger partial charge < -0.3 is 0 Å². The molecule has 2 nitrogen and oxygen atoms in total. The van der Waals surface area contributed by atoms with Crippen molar-refractivity contribution in [2.45, 2.75) is 38.1 Å².